The SMILES string of the molecule is [Cl][Ge]([Cl])([Br])[Br]. The predicted molar refractivity (Wildman–Crippen MR) is 35.3 cm³/mol. The Kier molecular flexibility index (Phi) is 3.41. The Hall–Kier alpha value is 2.08. The van der Waals surface area contributed by atoms with E-state index in [1.54, 1.807) is 0 Å². The quantitative estimate of drug-likeness (QED) is 0.604. The van der Waals surface area contributed by atoms with Crippen LogP contribution in [0.25, 0.3) is 0 Å². The van der Waals surface area contributed by atoms with E-state index in [-0.39, 0.29) is 0 Å². The van der Waals surface area contributed by atoms with Crippen LogP contribution in [0.15, 0.2) is 0 Å². The first-order valence-electron chi connectivity index (χ1n) is 0.756. The monoisotopic (exact) mass is 302 g/mol. The van der Waals surface area contributed by atoms with Crippen molar-refractivity contribution in [1.82, 2.24) is 0 Å². The van der Waals surface area contributed by atoms with E-state index in [4.69, 9.17) is 20.0 Å². The van der Waals surface area contributed by atoms with Crippen molar-refractivity contribution in [3.8, 4) is 0 Å². The molecule has 32 valence electrons. The molecule has 0 amide bonds. The van der Waals surface area contributed by atoms with Crippen LogP contribution in [-0.4, -0.2) is 7.72 Å². The summed E-state index contributed by atoms with van der Waals surface area (Å²) < 4.78 is 0. The second-order valence-electron chi connectivity index (χ2n) is 0.429. The number of halogens is 4. The minimum absolute atomic E-state index is 2.43. The number of hydrogen-bond donors (Lipinski definition) is 0. The topological polar surface area (TPSA) is 0 Å². The molecule has 0 saturated carbocycles. The molecule has 0 unspecified atom stereocenters. The Morgan fingerprint density at radius 3 is 1.20 bits per heavy atom. The van der Waals surface area contributed by atoms with Crippen molar-refractivity contribution in [2.45, 2.75) is 0 Å². The fourth-order valence-electron chi connectivity index (χ4n) is 0. The zero-order valence-corrected chi connectivity index (χ0v) is 8.79. The van der Waals surface area contributed by atoms with E-state index in [1.165, 1.54) is 0 Å². The molecule has 0 aromatic carbocycles. The van der Waals surface area contributed by atoms with Gasteiger partial charge in [-0.2, -0.15) is 0 Å². The minimum atomic E-state index is -2.43. The van der Waals surface area contributed by atoms with Gasteiger partial charge in [0.05, 0.1) is 0 Å². The first-order valence-corrected chi connectivity index (χ1v) is 16.1. The van der Waals surface area contributed by atoms with Crippen LogP contribution in [0.1, 0.15) is 0 Å². The van der Waals surface area contributed by atoms with Crippen molar-refractivity contribution >= 4 is 55.8 Å². The first-order chi connectivity index (χ1) is 2.00. The molecule has 0 aliphatic carbocycles. The number of rotatable bonds is 0. The van der Waals surface area contributed by atoms with Crippen LogP contribution in [0.3, 0.4) is 0 Å². The Morgan fingerprint density at radius 2 is 1.20 bits per heavy atom. The molecule has 0 atom stereocenters. The summed E-state index contributed by atoms with van der Waals surface area (Å²) in [5, 5.41) is 0. The van der Waals surface area contributed by atoms with Crippen molar-refractivity contribution < 1.29 is 0 Å². The maximum atomic E-state index is 5.32. The van der Waals surface area contributed by atoms with Gasteiger partial charge in [0.15, 0.2) is 0 Å². The molecule has 0 aromatic heterocycles. The van der Waals surface area contributed by atoms with Gasteiger partial charge >= 0.3 is 55.8 Å². The van der Waals surface area contributed by atoms with Gasteiger partial charge in [0.25, 0.3) is 0 Å². The predicted octanol–water partition coefficient (Wildman–Crippen LogP) is 2.69. The molecule has 0 saturated heterocycles. The second-order valence-corrected chi connectivity index (χ2v) is 36.5. The summed E-state index contributed by atoms with van der Waals surface area (Å²) in [5.41, 5.74) is 0. The Bertz CT molecular complexity index is 23.1. The van der Waals surface area contributed by atoms with E-state index < -0.39 is 7.72 Å². The summed E-state index contributed by atoms with van der Waals surface area (Å²) in [6, 6.07) is 0. The summed E-state index contributed by atoms with van der Waals surface area (Å²) in [4.78, 5) is 0. The van der Waals surface area contributed by atoms with Gasteiger partial charge in [-0.25, -0.2) is 0 Å². The van der Waals surface area contributed by atoms with Crippen LogP contribution in [0.4, 0.5) is 0 Å². The maximum absolute atomic E-state index is 5.32. The molecular weight excluding hydrogens is 303 g/mol. The second kappa shape index (κ2) is 2.41. The van der Waals surface area contributed by atoms with Gasteiger partial charge in [-0.15, -0.1) is 0 Å². The van der Waals surface area contributed by atoms with Gasteiger partial charge in [0, 0.05) is 0 Å². The summed E-state index contributed by atoms with van der Waals surface area (Å²) >= 11 is 6.02. The zero-order valence-electron chi connectivity index (χ0n) is 2.01. The molecule has 0 N–H and O–H groups in total. The molecule has 0 fully saturated rings. The molecule has 0 spiro atoms. The molecule has 0 aliphatic heterocycles. The molecule has 0 nitrogen and oxygen atoms in total. The summed E-state index contributed by atoms with van der Waals surface area (Å²) in [6.45, 7) is 0. The van der Waals surface area contributed by atoms with Crippen molar-refractivity contribution in [3.05, 3.63) is 0 Å². The van der Waals surface area contributed by atoms with Gasteiger partial charge in [-0.1, -0.05) is 0 Å². The fourth-order valence-corrected chi connectivity index (χ4v) is 0. The summed E-state index contributed by atoms with van der Waals surface area (Å²) in [7, 11) is 8.20. The van der Waals surface area contributed by atoms with Crippen LogP contribution in [0.2, 0.25) is 0 Å². The van der Waals surface area contributed by atoms with E-state index in [9.17, 15) is 0 Å². The molecule has 0 radical (unpaired) electrons. The average molecular weight is 303 g/mol. The van der Waals surface area contributed by atoms with Crippen LogP contribution >= 0.6 is 48.0 Å². The molecule has 0 aromatic rings. The van der Waals surface area contributed by atoms with E-state index in [0.717, 1.165) is 0 Å². The molecule has 0 bridgehead atoms. The Balaban J connectivity index is 3.02. The average Bonchev–Trinajstić information content (AvgIpc) is 0.722. The van der Waals surface area contributed by atoms with E-state index in [2.05, 4.69) is 28.0 Å². The first kappa shape index (κ1) is 7.08. The third-order valence-electron chi connectivity index (χ3n) is 0. The summed E-state index contributed by atoms with van der Waals surface area (Å²) in [6.07, 6.45) is 0. The van der Waals surface area contributed by atoms with Crippen molar-refractivity contribution in [1.29, 1.82) is 0 Å². The van der Waals surface area contributed by atoms with Crippen LogP contribution in [0, 0.1) is 0 Å². The molecular formula is Br2Cl2Ge. The standard InChI is InChI=1S/Br2Cl2Ge/c1-5(2,3)4. The molecule has 0 heterocycles. The fraction of sp³-hybridized carbons (Fsp3) is 0. The van der Waals surface area contributed by atoms with Gasteiger partial charge in [0.2, 0.25) is 0 Å². The van der Waals surface area contributed by atoms with Crippen molar-refractivity contribution in [2.75, 3.05) is 0 Å². The molecule has 0 aliphatic rings. The zero-order chi connectivity index (χ0) is 4.50. The Labute approximate surface area is 55.2 Å². The molecule has 5 heteroatoms. The van der Waals surface area contributed by atoms with E-state index in [1.807, 2.05) is 0 Å². The number of hydrogen-bond acceptors (Lipinski definition) is 0. The van der Waals surface area contributed by atoms with Gasteiger partial charge in [-0.3, -0.25) is 0 Å². The van der Waals surface area contributed by atoms with E-state index in [0.29, 0.717) is 0 Å². The van der Waals surface area contributed by atoms with Crippen molar-refractivity contribution in [2.24, 2.45) is 0 Å². The third kappa shape index (κ3) is 23.4. The van der Waals surface area contributed by atoms with Gasteiger partial charge < -0.3 is 0 Å². The van der Waals surface area contributed by atoms with Crippen LogP contribution in [0.5, 0.6) is 0 Å². The van der Waals surface area contributed by atoms with Crippen molar-refractivity contribution in [3.63, 3.8) is 0 Å². The van der Waals surface area contributed by atoms with Crippen LogP contribution < -0.4 is 0 Å². The van der Waals surface area contributed by atoms with Gasteiger partial charge in [-0.05, 0) is 0 Å². The molecule has 5 heavy (non-hydrogen) atoms. The van der Waals surface area contributed by atoms with E-state index >= 15 is 0 Å². The normalized spacial score (nSPS) is 12.0. The van der Waals surface area contributed by atoms with Gasteiger partial charge in [0.1, 0.15) is 0 Å². The third-order valence-corrected chi connectivity index (χ3v) is 0. The molecule has 0 rings (SSSR count). The summed E-state index contributed by atoms with van der Waals surface area (Å²) in [5.74, 6) is 0. The van der Waals surface area contributed by atoms with Crippen LogP contribution in [-0.2, 0) is 0 Å². The Morgan fingerprint density at radius 1 is 1.20 bits per heavy atom.